The second kappa shape index (κ2) is 8.64. The second-order valence-corrected chi connectivity index (χ2v) is 7.01. The van der Waals surface area contributed by atoms with Gasteiger partial charge in [-0.25, -0.2) is 4.90 Å². The van der Waals surface area contributed by atoms with Crippen molar-refractivity contribution in [2.75, 3.05) is 30.5 Å². The zero-order chi connectivity index (χ0) is 18.5. The van der Waals surface area contributed by atoms with Gasteiger partial charge in [-0.3, -0.25) is 19.3 Å². The van der Waals surface area contributed by atoms with Gasteiger partial charge in [0.1, 0.15) is 6.61 Å². The van der Waals surface area contributed by atoms with Crippen LogP contribution in [-0.4, -0.2) is 54.3 Å². The van der Waals surface area contributed by atoms with Crippen molar-refractivity contribution in [3.8, 4) is 0 Å². The number of imide groups is 1. The molecule has 140 valence electrons. The highest BCUT2D eigenvalue weighted by molar-refractivity contribution is 6.22. The smallest absolute Gasteiger partial charge is 0.310 e. The van der Waals surface area contributed by atoms with Crippen molar-refractivity contribution >= 4 is 35.1 Å². The molecule has 2 saturated heterocycles. The van der Waals surface area contributed by atoms with E-state index in [0.29, 0.717) is 5.69 Å². The summed E-state index contributed by atoms with van der Waals surface area (Å²) in [5, 5.41) is 0. The van der Waals surface area contributed by atoms with Crippen LogP contribution < -0.4 is 4.90 Å². The van der Waals surface area contributed by atoms with Gasteiger partial charge in [0.05, 0.1) is 30.5 Å². The highest BCUT2D eigenvalue weighted by Gasteiger charge is 2.42. The van der Waals surface area contributed by atoms with E-state index < -0.39 is 0 Å². The third kappa shape index (κ3) is 4.24. The van der Waals surface area contributed by atoms with E-state index in [0.717, 1.165) is 31.5 Å². The van der Waals surface area contributed by atoms with Gasteiger partial charge in [-0.15, -0.1) is 11.6 Å². The number of hydrogen-bond donors (Lipinski definition) is 0. The van der Waals surface area contributed by atoms with Crippen molar-refractivity contribution in [3.05, 3.63) is 29.8 Å². The molecule has 1 atom stereocenters. The molecule has 1 aromatic rings. The van der Waals surface area contributed by atoms with Crippen molar-refractivity contribution in [2.24, 2.45) is 0 Å². The summed E-state index contributed by atoms with van der Waals surface area (Å²) in [5.41, 5.74) is 1.32. The van der Waals surface area contributed by atoms with Crippen molar-refractivity contribution in [1.29, 1.82) is 0 Å². The highest BCUT2D eigenvalue weighted by Crippen LogP contribution is 2.27. The lowest BCUT2D eigenvalue weighted by Crippen LogP contribution is -2.44. The summed E-state index contributed by atoms with van der Waals surface area (Å²) in [5.74, 6) is -0.398. The largest absolute Gasteiger partial charge is 0.464 e. The van der Waals surface area contributed by atoms with E-state index in [4.69, 9.17) is 16.3 Å². The summed E-state index contributed by atoms with van der Waals surface area (Å²) >= 11 is 5.49. The Hall–Kier alpha value is -1.92. The fourth-order valence-electron chi connectivity index (χ4n) is 3.54. The molecule has 2 aliphatic heterocycles. The fraction of sp³-hybridized carbons (Fsp3) is 0.526. The fourth-order valence-corrected chi connectivity index (χ4v) is 3.61. The van der Waals surface area contributed by atoms with Gasteiger partial charge < -0.3 is 4.74 Å². The number of likely N-dealkylation sites (tertiary alicyclic amines) is 1. The predicted molar refractivity (Wildman–Crippen MR) is 98.1 cm³/mol. The van der Waals surface area contributed by atoms with Gasteiger partial charge in [0.25, 0.3) is 5.91 Å². The molecule has 2 heterocycles. The van der Waals surface area contributed by atoms with Crippen LogP contribution in [0, 0.1) is 0 Å². The molecule has 0 bridgehead atoms. The van der Waals surface area contributed by atoms with E-state index in [1.165, 1.54) is 11.3 Å². The zero-order valence-corrected chi connectivity index (χ0v) is 15.4. The predicted octanol–water partition coefficient (Wildman–Crippen LogP) is 2.13. The highest BCUT2D eigenvalue weighted by atomic mass is 35.5. The minimum atomic E-state index is -0.350. The lowest BCUT2D eigenvalue weighted by molar-refractivity contribution is -0.142. The number of amides is 2. The molecule has 1 aromatic carbocycles. The van der Waals surface area contributed by atoms with Gasteiger partial charge in [-0.05, 0) is 43.6 Å². The number of hydrogen-bond acceptors (Lipinski definition) is 5. The molecule has 0 saturated carbocycles. The molecule has 7 heteroatoms. The number of halogens is 1. The Labute approximate surface area is 158 Å². The minimum Gasteiger partial charge on any atom is -0.464 e. The molecule has 0 radical (unpaired) electrons. The number of ether oxygens (including phenoxy) is 1. The van der Waals surface area contributed by atoms with Gasteiger partial charge >= 0.3 is 5.97 Å². The summed E-state index contributed by atoms with van der Waals surface area (Å²) in [6.07, 6.45) is 3.71. The number of carbonyl (C=O) groups excluding carboxylic acids is 3. The van der Waals surface area contributed by atoms with Crippen molar-refractivity contribution in [3.63, 3.8) is 0 Å². The number of alkyl halides is 1. The number of rotatable bonds is 6. The first-order valence-corrected chi connectivity index (χ1v) is 9.55. The van der Waals surface area contributed by atoms with Crippen LogP contribution in [0.4, 0.5) is 5.69 Å². The standard InChI is InChI=1S/C19H23ClN2O4/c20-8-11-26-18(24)12-14-4-6-15(7-5-14)22-17(23)13-16(19(22)25)21-9-2-1-3-10-21/h4-7,16H,1-3,8-13H2. The number of benzene rings is 1. The average Bonchev–Trinajstić information content (AvgIpc) is 2.96. The van der Waals surface area contributed by atoms with Crippen molar-refractivity contribution < 1.29 is 19.1 Å². The first-order chi connectivity index (χ1) is 12.6. The SMILES string of the molecule is O=C(Cc1ccc(N2C(=O)CC(N3CCCCC3)C2=O)cc1)OCCCl. The van der Waals surface area contributed by atoms with Gasteiger partial charge in [0.15, 0.2) is 0 Å². The van der Waals surface area contributed by atoms with E-state index in [9.17, 15) is 14.4 Å². The molecule has 26 heavy (non-hydrogen) atoms. The lowest BCUT2D eigenvalue weighted by Gasteiger charge is -2.30. The number of anilines is 1. The Morgan fingerprint density at radius 3 is 2.46 bits per heavy atom. The Bertz CT molecular complexity index is 671. The molecule has 0 aliphatic carbocycles. The first-order valence-electron chi connectivity index (χ1n) is 9.01. The molecule has 6 nitrogen and oxygen atoms in total. The maximum absolute atomic E-state index is 12.8. The van der Waals surface area contributed by atoms with Crippen LogP contribution in [0.1, 0.15) is 31.2 Å². The van der Waals surface area contributed by atoms with Crippen LogP contribution in [0.5, 0.6) is 0 Å². The Kier molecular flexibility index (Phi) is 6.27. The van der Waals surface area contributed by atoms with E-state index >= 15 is 0 Å². The Morgan fingerprint density at radius 1 is 1.12 bits per heavy atom. The summed E-state index contributed by atoms with van der Waals surface area (Å²) in [7, 11) is 0. The van der Waals surface area contributed by atoms with E-state index in [2.05, 4.69) is 4.90 Å². The molecular weight excluding hydrogens is 356 g/mol. The van der Waals surface area contributed by atoms with Gasteiger partial charge in [-0.2, -0.15) is 0 Å². The zero-order valence-electron chi connectivity index (χ0n) is 14.7. The second-order valence-electron chi connectivity index (χ2n) is 6.64. The van der Waals surface area contributed by atoms with Crippen LogP contribution in [0.15, 0.2) is 24.3 Å². The van der Waals surface area contributed by atoms with E-state index in [1.54, 1.807) is 24.3 Å². The summed E-state index contributed by atoms with van der Waals surface area (Å²) in [6, 6.07) is 6.56. The third-order valence-electron chi connectivity index (χ3n) is 4.84. The Balaban J connectivity index is 1.65. The van der Waals surface area contributed by atoms with Gasteiger partial charge in [0, 0.05) is 0 Å². The number of carbonyl (C=O) groups is 3. The lowest BCUT2D eigenvalue weighted by atomic mass is 10.1. The van der Waals surface area contributed by atoms with Crippen LogP contribution in [-0.2, 0) is 25.5 Å². The topological polar surface area (TPSA) is 66.9 Å². The monoisotopic (exact) mass is 378 g/mol. The first kappa shape index (κ1) is 18.9. The quantitative estimate of drug-likeness (QED) is 0.431. The maximum Gasteiger partial charge on any atom is 0.310 e. The van der Waals surface area contributed by atoms with E-state index in [1.807, 2.05) is 0 Å². The van der Waals surface area contributed by atoms with Crippen LogP contribution in [0.25, 0.3) is 0 Å². The van der Waals surface area contributed by atoms with Crippen LogP contribution >= 0.6 is 11.6 Å². The molecule has 0 aromatic heterocycles. The molecule has 2 aliphatic rings. The average molecular weight is 379 g/mol. The minimum absolute atomic E-state index is 0.134. The van der Waals surface area contributed by atoms with Crippen molar-refractivity contribution in [1.82, 2.24) is 4.90 Å². The maximum atomic E-state index is 12.8. The Morgan fingerprint density at radius 2 is 1.81 bits per heavy atom. The molecule has 0 N–H and O–H groups in total. The molecule has 2 fully saturated rings. The third-order valence-corrected chi connectivity index (χ3v) is 4.99. The molecule has 2 amide bonds. The number of esters is 1. The van der Waals surface area contributed by atoms with E-state index in [-0.39, 0.29) is 49.2 Å². The molecule has 0 spiro atoms. The molecule has 3 rings (SSSR count). The van der Waals surface area contributed by atoms with Crippen molar-refractivity contribution in [2.45, 2.75) is 38.1 Å². The number of nitrogens with zero attached hydrogens (tertiary/aromatic N) is 2. The molecular formula is C19H23ClN2O4. The van der Waals surface area contributed by atoms with Gasteiger partial charge in [0.2, 0.25) is 5.91 Å². The summed E-state index contributed by atoms with van der Waals surface area (Å²) in [4.78, 5) is 40.2. The molecule has 1 unspecified atom stereocenters. The van der Waals surface area contributed by atoms with Gasteiger partial charge in [-0.1, -0.05) is 18.6 Å². The number of piperidine rings is 1. The summed E-state index contributed by atoms with van der Waals surface area (Å²) in [6.45, 7) is 1.94. The summed E-state index contributed by atoms with van der Waals surface area (Å²) < 4.78 is 4.95. The van der Waals surface area contributed by atoms with Crippen LogP contribution in [0.3, 0.4) is 0 Å². The van der Waals surface area contributed by atoms with Crippen LogP contribution in [0.2, 0.25) is 0 Å². The normalized spacial score (nSPS) is 21.3.